The molecule has 1 N–H and O–H groups in total. The molecule has 164 valence electrons. The van der Waals surface area contributed by atoms with Gasteiger partial charge in [-0.25, -0.2) is 17.9 Å². The Morgan fingerprint density at radius 3 is 2.70 bits per heavy atom. The summed E-state index contributed by atoms with van der Waals surface area (Å²) in [5, 5.41) is 8.31. The van der Waals surface area contributed by atoms with Crippen LogP contribution in [0.1, 0.15) is 38.3 Å². The molecule has 0 bridgehead atoms. The van der Waals surface area contributed by atoms with E-state index >= 15 is 0 Å². The van der Waals surface area contributed by atoms with Crippen molar-refractivity contribution in [2.75, 3.05) is 13.1 Å². The molecule has 0 radical (unpaired) electrons. The number of halogens is 4. The zero-order valence-corrected chi connectivity index (χ0v) is 18.3. The number of nitrogens with one attached hydrogen (secondary N) is 1. The molecule has 2 unspecified atom stereocenters. The smallest absolute Gasteiger partial charge is 0.282 e. The van der Waals surface area contributed by atoms with Crippen LogP contribution in [0.2, 0.25) is 0 Å². The molecule has 1 fully saturated rings. The highest BCUT2D eigenvalue weighted by atomic mass is 79.9. The molecule has 1 saturated heterocycles. The Bertz CT molecular complexity index is 982. The fraction of sp³-hybridized carbons (Fsp3) is 0.550. The van der Waals surface area contributed by atoms with Gasteiger partial charge in [-0.1, -0.05) is 29.8 Å². The van der Waals surface area contributed by atoms with Crippen LogP contribution < -0.4 is 10.9 Å². The van der Waals surface area contributed by atoms with Gasteiger partial charge in [0.25, 0.3) is 12.0 Å². The quantitative estimate of drug-likeness (QED) is 0.632. The maximum Gasteiger partial charge on any atom is 0.282 e. The molecule has 1 aliphatic rings. The van der Waals surface area contributed by atoms with E-state index in [9.17, 15) is 22.8 Å². The zero-order chi connectivity index (χ0) is 22.0. The maximum absolute atomic E-state index is 13.6. The van der Waals surface area contributed by atoms with Crippen LogP contribution in [0.25, 0.3) is 10.8 Å². The highest BCUT2D eigenvalue weighted by Gasteiger charge is 2.32. The van der Waals surface area contributed by atoms with E-state index in [-0.39, 0.29) is 31.1 Å². The van der Waals surface area contributed by atoms with Crippen molar-refractivity contribution in [1.29, 1.82) is 0 Å². The predicted octanol–water partition coefficient (Wildman–Crippen LogP) is 3.42. The van der Waals surface area contributed by atoms with Gasteiger partial charge >= 0.3 is 0 Å². The summed E-state index contributed by atoms with van der Waals surface area (Å²) in [7, 11) is 0. The number of benzene rings is 1. The number of hydrogen-bond donors (Lipinski definition) is 1. The number of piperidine rings is 1. The van der Waals surface area contributed by atoms with Crippen LogP contribution in [0.4, 0.5) is 13.2 Å². The van der Waals surface area contributed by atoms with E-state index < -0.39 is 24.7 Å². The fourth-order valence-corrected chi connectivity index (χ4v) is 4.09. The molecule has 2 aromatic rings. The number of carbonyl (C=O) groups is 1. The van der Waals surface area contributed by atoms with E-state index in [4.69, 9.17) is 0 Å². The molecular formula is C20H24BrF3N4O2. The summed E-state index contributed by atoms with van der Waals surface area (Å²) < 4.78 is 40.8. The number of aromatic nitrogens is 2. The van der Waals surface area contributed by atoms with Crippen LogP contribution in [0.15, 0.2) is 27.5 Å². The van der Waals surface area contributed by atoms with E-state index in [1.807, 2.05) is 19.9 Å². The summed E-state index contributed by atoms with van der Waals surface area (Å²) in [4.78, 5) is 26.4. The molecule has 30 heavy (non-hydrogen) atoms. The fourth-order valence-electron chi connectivity index (χ4n) is 3.73. The lowest BCUT2D eigenvalue weighted by molar-refractivity contribution is -0.123. The van der Waals surface area contributed by atoms with Gasteiger partial charge in [-0.15, -0.1) is 0 Å². The van der Waals surface area contributed by atoms with Crippen molar-refractivity contribution in [3.05, 3.63) is 38.7 Å². The summed E-state index contributed by atoms with van der Waals surface area (Å²) in [6, 6.07) is 4.82. The van der Waals surface area contributed by atoms with E-state index in [1.54, 1.807) is 12.1 Å². The SMILES string of the molecule is CC(C)c1nn(CC(=O)NC2CCCN(C(F)C(F)F)C2)c(=O)c2ccc(Br)cc12. The van der Waals surface area contributed by atoms with E-state index in [2.05, 4.69) is 26.3 Å². The summed E-state index contributed by atoms with van der Waals surface area (Å²) >= 11 is 3.40. The van der Waals surface area contributed by atoms with Gasteiger partial charge in [-0.2, -0.15) is 5.10 Å². The van der Waals surface area contributed by atoms with Crippen molar-refractivity contribution < 1.29 is 18.0 Å². The number of hydrogen-bond acceptors (Lipinski definition) is 4. The monoisotopic (exact) mass is 488 g/mol. The van der Waals surface area contributed by atoms with Crippen molar-refractivity contribution >= 4 is 32.6 Å². The molecule has 10 heteroatoms. The maximum atomic E-state index is 13.6. The first-order valence-corrected chi connectivity index (χ1v) is 10.6. The summed E-state index contributed by atoms with van der Waals surface area (Å²) in [6.45, 7) is 3.82. The van der Waals surface area contributed by atoms with Crippen molar-refractivity contribution in [3.63, 3.8) is 0 Å². The number of nitrogens with zero attached hydrogens (tertiary/aromatic N) is 3. The van der Waals surface area contributed by atoms with Crippen LogP contribution in [0.5, 0.6) is 0 Å². The standard InChI is InChI=1S/C20H24BrF3N4O2/c1-11(2)17-15-8-12(21)5-6-14(15)20(30)28(26-17)10-16(29)25-13-4-3-7-27(9-13)19(24)18(22)23/h5-6,8,11,13,18-19H,3-4,7,9-10H2,1-2H3,(H,25,29). The molecule has 1 aliphatic heterocycles. The van der Waals surface area contributed by atoms with Gasteiger partial charge in [0.15, 0.2) is 0 Å². The Morgan fingerprint density at radius 2 is 2.03 bits per heavy atom. The lowest BCUT2D eigenvalue weighted by Crippen LogP contribution is -2.52. The summed E-state index contributed by atoms with van der Waals surface area (Å²) in [5.41, 5.74) is 0.309. The highest BCUT2D eigenvalue weighted by molar-refractivity contribution is 9.10. The van der Waals surface area contributed by atoms with Crippen molar-refractivity contribution in [3.8, 4) is 0 Å². The van der Waals surface area contributed by atoms with E-state index in [0.29, 0.717) is 23.9 Å². The van der Waals surface area contributed by atoms with Crippen molar-refractivity contribution in [2.24, 2.45) is 0 Å². The van der Waals surface area contributed by atoms with Crippen molar-refractivity contribution in [1.82, 2.24) is 20.0 Å². The van der Waals surface area contributed by atoms with Gasteiger partial charge in [-0.3, -0.25) is 14.5 Å². The number of carbonyl (C=O) groups excluding carboxylic acids is 1. The Hall–Kier alpha value is -1.94. The van der Waals surface area contributed by atoms with Gasteiger partial charge in [0.05, 0.1) is 11.1 Å². The van der Waals surface area contributed by atoms with Crippen LogP contribution in [0.3, 0.4) is 0 Å². The highest BCUT2D eigenvalue weighted by Crippen LogP contribution is 2.24. The summed E-state index contributed by atoms with van der Waals surface area (Å²) in [5.74, 6) is -0.436. The minimum Gasteiger partial charge on any atom is -0.350 e. The third kappa shape index (κ3) is 5.03. The van der Waals surface area contributed by atoms with E-state index in [0.717, 1.165) is 19.4 Å². The topological polar surface area (TPSA) is 67.2 Å². The van der Waals surface area contributed by atoms with Crippen LogP contribution in [-0.2, 0) is 11.3 Å². The molecule has 1 amide bonds. The predicted molar refractivity (Wildman–Crippen MR) is 111 cm³/mol. The van der Waals surface area contributed by atoms with Crippen LogP contribution in [0, 0.1) is 0 Å². The molecule has 2 atom stereocenters. The van der Waals surface area contributed by atoms with Gasteiger partial charge in [-0.05, 0) is 37.0 Å². The molecule has 0 saturated carbocycles. The first-order chi connectivity index (χ1) is 14.2. The Kier molecular flexibility index (Phi) is 7.18. The minimum atomic E-state index is -3.09. The average Bonchev–Trinajstić information content (AvgIpc) is 2.69. The third-order valence-electron chi connectivity index (χ3n) is 5.17. The first kappa shape index (κ1) is 22.7. The van der Waals surface area contributed by atoms with Gasteiger partial charge in [0.2, 0.25) is 12.2 Å². The van der Waals surface area contributed by atoms with Crippen LogP contribution >= 0.6 is 15.9 Å². The summed E-state index contributed by atoms with van der Waals surface area (Å²) in [6.07, 6.45) is -4.38. The molecule has 0 spiro atoms. The number of likely N-dealkylation sites (tertiary alicyclic amines) is 1. The van der Waals surface area contributed by atoms with Gasteiger partial charge in [0.1, 0.15) is 6.54 Å². The second-order valence-electron chi connectivity index (χ2n) is 7.80. The number of rotatable bonds is 6. The lowest BCUT2D eigenvalue weighted by Gasteiger charge is -2.34. The lowest BCUT2D eigenvalue weighted by atomic mass is 10.0. The molecular weight excluding hydrogens is 465 g/mol. The second kappa shape index (κ2) is 9.47. The second-order valence-corrected chi connectivity index (χ2v) is 8.72. The average molecular weight is 489 g/mol. The zero-order valence-electron chi connectivity index (χ0n) is 16.7. The molecule has 1 aromatic carbocycles. The Morgan fingerprint density at radius 1 is 1.30 bits per heavy atom. The molecule has 2 heterocycles. The number of fused-ring (bicyclic) bond motifs is 1. The third-order valence-corrected chi connectivity index (χ3v) is 5.66. The largest absolute Gasteiger partial charge is 0.350 e. The van der Waals surface area contributed by atoms with Gasteiger partial charge in [0, 0.05) is 29.0 Å². The van der Waals surface area contributed by atoms with E-state index in [1.165, 1.54) is 0 Å². The first-order valence-electron chi connectivity index (χ1n) is 9.83. The Balaban J connectivity index is 1.77. The minimum absolute atomic E-state index is 0.00254. The Labute approximate surface area is 180 Å². The molecule has 1 aromatic heterocycles. The van der Waals surface area contributed by atoms with Crippen molar-refractivity contribution in [2.45, 2.75) is 57.9 Å². The van der Waals surface area contributed by atoms with Gasteiger partial charge < -0.3 is 5.32 Å². The number of amides is 1. The normalized spacial score (nSPS) is 18.9. The molecule has 0 aliphatic carbocycles. The molecule has 3 rings (SSSR count). The molecule has 6 nitrogen and oxygen atoms in total. The van der Waals surface area contributed by atoms with Crippen LogP contribution in [-0.4, -0.2) is 52.4 Å². The number of alkyl halides is 3.